The summed E-state index contributed by atoms with van der Waals surface area (Å²) >= 11 is 0. The van der Waals surface area contributed by atoms with E-state index < -0.39 is 5.54 Å². The maximum absolute atomic E-state index is 11.9. The largest absolute Gasteiger partial charge is 0.353 e. The second-order valence-electron chi connectivity index (χ2n) is 6.20. The molecule has 1 atom stereocenters. The van der Waals surface area contributed by atoms with Gasteiger partial charge in [-0.25, -0.2) is 0 Å². The molecule has 4 nitrogen and oxygen atoms in total. The van der Waals surface area contributed by atoms with Crippen molar-refractivity contribution in [2.45, 2.75) is 44.3 Å². The van der Waals surface area contributed by atoms with Crippen molar-refractivity contribution < 1.29 is 4.79 Å². The Balaban J connectivity index is 1.53. The van der Waals surface area contributed by atoms with Crippen molar-refractivity contribution in [2.75, 3.05) is 13.1 Å². The smallest absolute Gasteiger partial charge is 0.240 e. The maximum atomic E-state index is 11.9. The molecular formula is C16H23N3O. The Morgan fingerprint density at radius 1 is 1.40 bits per heavy atom. The lowest BCUT2D eigenvalue weighted by Gasteiger charge is -2.34. The molecule has 1 fully saturated rings. The van der Waals surface area contributed by atoms with Gasteiger partial charge in [-0.2, -0.15) is 0 Å². The summed E-state index contributed by atoms with van der Waals surface area (Å²) in [6.45, 7) is 4.88. The summed E-state index contributed by atoms with van der Waals surface area (Å²) in [5, 5.41) is 3.00. The van der Waals surface area contributed by atoms with E-state index in [1.54, 1.807) is 0 Å². The summed E-state index contributed by atoms with van der Waals surface area (Å²) in [6.07, 6.45) is 2.74. The van der Waals surface area contributed by atoms with Crippen LogP contribution in [-0.2, 0) is 17.8 Å². The number of nitrogens with one attached hydrogen (secondary N) is 1. The van der Waals surface area contributed by atoms with E-state index in [1.165, 1.54) is 11.1 Å². The number of carbonyl (C=O) groups is 1. The molecule has 0 bridgehead atoms. The van der Waals surface area contributed by atoms with Gasteiger partial charge in [-0.15, -0.1) is 0 Å². The molecule has 3 N–H and O–H groups in total. The summed E-state index contributed by atoms with van der Waals surface area (Å²) in [4.78, 5) is 14.3. The molecule has 3 rings (SSSR count). The Hall–Kier alpha value is -1.39. The van der Waals surface area contributed by atoms with E-state index in [0.29, 0.717) is 12.6 Å². The molecule has 1 aliphatic heterocycles. The average molecular weight is 273 g/mol. The van der Waals surface area contributed by atoms with E-state index in [2.05, 4.69) is 41.4 Å². The van der Waals surface area contributed by atoms with Crippen LogP contribution < -0.4 is 11.1 Å². The number of hydrogen-bond acceptors (Lipinski definition) is 3. The topological polar surface area (TPSA) is 58.4 Å². The predicted octanol–water partition coefficient (Wildman–Crippen LogP) is 1.04. The number of benzene rings is 1. The highest BCUT2D eigenvalue weighted by Gasteiger charge is 2.45. The van der Waals surface area contributed by atoms with Gasteiger partial charge in [0.05, 0.1) is 5.54 Å². The van der Waals surface area contributed by atoms with Crippen molar-refractivity contribution in [3.8, 4) is 0 Å². The van der Waals surface area contributed by atoms with Gasteiger partial charge in [0.15, 0.2) is 0 Å². The molecule has 1 saturated carbocycles. The van der Waals surface area contributed by atoms with Crippen molar-refractivity contribution in [1.82, 2.24) is 10.2 Å². The van der Waals surface area contributed by atoms with Gasteiger partial charge in [-0.05, 0) is 37.3 Å². The van der Waals surface area contributed by atoms with E-state index >= 15 is 0 Å². The van der Waals surface area contributed by atoms with E-state index in [-0.39, 0.29) is 5.91 Å². The molecule has 4 heteroatoms. The number of fused-ring (bicyclic) bond motifs is 1. The highest BCUT2D eigenvalue weighted by atomic mass is 16.2. The first-order valence-corrected chi connectivity index (χ1v) is 7.46. The molecule has 1 aromatic carbocycles. The van der Waals surface area contributed by atoms with Gasteiger partial charge in [0.1, 0.15) is 0 Å². The zero-order chi connectivity index (χ0) is 14.2. The van der Waals surface area contributed by atoms with Crippen LogP contribution in [0.5, 0.6) is 0 Å². The third-order valence-electron chi connectivity index (χ3n) is 4.58. The molecule has 1 unspecified atom stereocenters. The van der Waals surface area contributed by atoms with Crippen LogP contribution in [0, 0.1) is 0 Å². The lowest BCUT2D eigenvalue weighted by molar-refractivity contribution is -0.123. The van der Waals surface area contributed by atoms with E-state index in [1.807, 2.05) is 0 Å². The number of nitrogens with zero attached hydrogens (tertiary/aromatic N) is 1. The molecule has 2 aliphatic rings. The third-order valence-corrected chi connectivity index (χ3v) is 4.58. The second-order valence-corrected chi connectivity index (χ2v) is 6.20. The normalized spacial score (nSPS) is 21.9. The summed E-state index contributed by atoms with van der Waals surface area (Å²) < 4.78 is 0. The lowest BCUT2D eigenvalue weighted by atomic mass is 9.99. The zero-order valence-corrected chi connectivity index (χ0v) is 12.1. The van der Waals surface area contributed by atoms with Crippen LogP contribution in [0.1, 0.15) is 30.9 Å². The van der Waals surface area contributed by atoms with Gasteiger partial charge < -0.3 is 11.1 Å². The summed E-state index contributed by atoms with van der Waals surface area (Å²) in [7, 11) is 0. The van der Waals surface area contributed by atoms with Gasteiger partial charge in [-0.1, -0.05) is 24.3 Å². The Labute approximate surface area is 120 Å². The second kappa shape index (κ2) is 5.19. The van der Waals surface area contributed by atoms with Crippen LogP contribution in [0.2, 0.25) is 0 Å². The SMILES string of the molecule is CC(CNC(=O)C1(N)CC1)N1CCc2ccccc2C1. The van der Waals surface area contributed by atoms with Gasteiger partial charge in [0.2, 0.25) is 5.91 Å². The summed E-state index contributed by atoms with van der Waals surface area (Å²) in [5.41, 5.74) is 8.20. The van der Waals surface area contributed by atoms with Gasteiger partial charge in [0, 0.05) is 25.7 Å². The van der Waals surface area contributed by atoms with E-state index in [9.17, 15) is 4.79 Å². The highest BCUT2D eigenvalue weighted by molar-refractivity contribution is 5.88. The number of carbonyl (C=O) groups excluding carboxylic acids is 1. The van der Waals surface area contributed by atoms with Crippen LogP contribution in [-0.4, -0.2) is 35.5 Å². The molecule has 0 spiro atoms. The lowest BCUT2D eigenvalue weighted by Crippen LogP contribution is -2.49. The Morgan fingerprint density at radius 3 is 2.80 bits per heavy atom. The van der Waals surface area contributed by atoms with Crippen molar-refractivity contribution in [2.24, 2.45) is 5.73 Å². The predicted molar refractivity (Wildman–Crippen MR) is 79.2 cm³/mol. The average Bonchev–Trinajstić information content (AvgIpc) is 3.23. The summed E-state index contributed by atoms with van der Waals surface area (Å²) in [6, 6.07) is 8.96. The monoisotopic (exact) mass is 273 g/mol. The fourth-order valence-corrected chi connectivity index (χ4v) is 2.80. The first kappa shape index (κ1) is 13.6. The first-order valence-electron chi connectivity index (χ1n) is 7.46. The van der Waals surface area contributed by atoms with Crippen LogP contribution >= 0.6 is 0 Å². The Bertz CT molecular complexity index is 510. The molecule has 1 aromatic rings. The molecule has 1 aliphatic carbocycles. The van der Waals surface area contributed by atoms with E-state index in [0.717, 1.165) is 32.4 Å². The molecule has 1 amide bonds. The molecule has 0 radical (unpaired) electrons. The quantitative estimate of drug-likeness (QED) is 0.862. The van der Waals surface area contributed by atoms with Crippen LogP contribution in [0.3, 0.4) is 0 Å². The number of hydrogen-bond donors (Lipinski definition) is 2. The van der Waals surface area contributed by atoms with Crippen LogP contribution in [0.25, 0.3) is 0 Å². The third kappa shape index (κ3) is 2.72. The fourth-order valence-electron chi connectivity index (χ4n) is 2.80. The molecule has 0 aromatic heterocycles. The molecule has 20 heavy (non-hydrogen) atoms. The standard InChI is InChI=1S/C16H23N3O/c1-12(10-18-15(20)16(17)7-8-16)19-9-6-13-4-2-3-5-14(13)11-19/h2-5,12H,6-11,17H2,1H3,(H,18,20). The van der Waals surface area contributed by atoms with Gasteiger partial charge >= 0.3 is 0 Å². The van der Waals surface area contributed by atoms with Crippen molar-refractivity contribution >= 4 is 5.91 Å². The van der Waals surface area contributed by atoms with Crippen molar-refractivity contribution in [3.63, 3.8) is 0 Å². The minimum atomic E-state index is -0.561. The fraction of sp³-hybridized carbons (Fsp3) is 0.562. The van der Waals surface area contributed by atoms with Gasteiger partial charge in [-0.3, -0.25) is 9.69 Å². The molecular weight excluding hydrogens is 250 g/mol. The first-order chi connectivity index (χ1) is 9.58. The van der Waals surface area contributed by atoms with Crippen LogP contribution in [0.15, 0.2) is 24.3 Å². The van der Waals surface area contributed by atoms with Gasteiger partial charge in [0.25, 0.3) is 0 Å². The minimum Gasteiger partial charge on any atom is -0.353 e. The number of nitrogens with two attached hydrogens (primary N) is 1. The molecule has 1 heterocycles. The van der Waals surface area contributed by atoms with Crippen LogP contribution in [0.4, 0.5) is 0 Å². The minimum absolute atomic E-state index is 0.0155. The Morgan fingerprint density at radius 2 is 2.10 bits per heavy atom. The Kier molecular flexibility index (Phi) is 3.52. The van der Waals surface area contributed by atoms with Crippen molar-refractivity contribution in [3.05, 3.63) is 35.4 Å². The number of rotatable bonds is 4. The number of amides is 1. The maximum Gasteiger partial charge on any atom is 0.240 e. The zero-order valence-electron chi connectivity index (χ0n) is 12.1. The summed E-state index contributed by atoms with van der Waals surface area (Å²) in [5.74, 6) is 0.0155. The van der Waals surface area contributed by atoms with E-state index in [4.69, 9.17) is 5.73 Å². The molecule has 108 valence electrons. The highest BCUT2D eigenvalue weighted by Crippen LogP contribution is 2.32. The van der Waals surface area contributed by atoms with Crippen molar-refractivity contribution in [1.29, 1.82) is 0 Å². The molecule has 0 saturated heterocycles.